The van der Waals surface area contributed by atoms with E-state index in [4.69, 9.17) is 36.1 Å². The molecule has 4 aromatic heterocycles. The van der Waals surface area contributed by atoms with Crippen LogP contribution in [0.15, 0.2) is 114 Å². The molecule has 0 radical (unpaired) electrons. The number of nitrogens with zero attached hydrogens (tertiary/aromatic N) is 7. The largest absolute Gasteiger partial charge is 0.479 e. The van der Waals surface area contributed by atoms with Crippen LogP contribution in [0.25, 0.3) is 33.8 Å². The van der Waals surface area contributed by atoms with Gasteiger partial charge in [0, 0.05) is 51.7 Å². The molecule has 3 amide bonds. The Hall–Kier alpha value is -7.87. The SMILES string of the molecule is Cc1ccc(-c2nc3ccc(C)cn3c2CC(=O)N(C)C)cc1.Cc1ccc(-c2nc3ccc(C)cn3c2CC(=O)N(C)C)cc1.NC(=O)c1ccccc1N=S=O.O=C(O)C(O)C(O)C(=O)O. The first-order valence-corrected chi connectivity index (χ1v) is 21.5. The Bertz CT molecular complexity index is 2790. The molecule has 0 saturated heterocycles. The molecule has 356 valence electrons. The summed E-state index contributed by atoms with van der Waals surface area (Å²) in [6.45, 7) is 8.21. The first kappa shape index (κ1) is 52.8. The molecule has 0 aliphatic rings. The van der Waals surface area contributed by atoms with Crippen LogP contribution in [0.2, 0.25) is 0 Å². The summed E-state index contributed by atoms with van der Waals surface area (Å²) < 4.78 is 17.6. The molecular formula is C49H54N8O10S. The Labute approximate surface area is 396 Å². The summed E-state index contributed by atoms with van der Waals surface area (Å²) in [5.74, 6) is -3.98. The molecule has 2 unspecified atom stereocenters. The first-order valence-electron chi connectivity index (χ1n) is 20.8. The van der Waals surface area contributed by atoms with Crippen LogP contribution < -0.4 is 5.73 Å². The van der Waals surface area contributed by atoms with Gasteiger partial charge in [0.1, 0.15) is 11.3 Å². The third-order valence-corrected chi connectivity index (χ3v) is 10.4. The molecule has 3 aromatic carbocycles. The number of carboxylic acids is 2. The molecule has 0 bridgehead atoms. The molecular weight excluding hydrogens is 893 g/mol. The number of fused-ring (bicyclic) bond motifs is 2. The van der Waals surface area contributed by atoms with Gasteiger partial charge < -0.3 is 44.8 Å². The van der Waals surface area contributed by atoms with Crippen LogP contribution >= 0.6 is 0 Å². The topological polar surface area (TPSA) is 263 Å². The number of primary amides is 1. The predicted molar refractivity (Wildman–Crippen MR) is 257 cm³/mol. The fourth-order valence-electron chi connectivity index (χ4n) is 6.30. The van der Waals surface area contributed by atoms with Crippen molar-refractivity contribution in [3.05, 3.63) is 149 Å². The number of benzene rings is 3. The van der Waals surface area contributed by atoms with Crippen molar-refractivity contribution in [3.8, 4) is 22.5 Å². The molecule has 0 aliphatic heterocycles. The highest BCUT2D eigenvalue weighted by Gasteiger charge is 2.29. The van der Waals surface area contributed by atoms with Gasteiger partial charge >= 0.3 is 11.9 Å². The van der Waals surface area contributed by atoms with E-state index in [1.165, 1.54) is 17.2 Å². The van der Waals surface area contributed by atoms with Gasteiger partial charge in [-0.05, 0) is 63.1 Å². The number of aliphatic hydroxyl groups is 2. The zero-order valence-corrected chi connectivity index (χ0v) is 39.6. The van der Waals surface area contributed by atoms with Crippen LogP contribution in [0.4, 0.5) is 5.69 Å². The number of aliphatic carboxylic acids is 2. The monoisotopic (exact) mass is 946 g/mol. The molecule has 4 heterocycles. The number of carbonyl (C=O) groups excluding carboxylic acids is 3. The zero-order valence-electron chi connectivity index (χ0n) is 38.8. The molecule has 68 heavy (non-hydrogen) atoms. The number of carbonyl (C=O) groups is 5. The van der Waals surface area contributed by atoms with E-state index < -0.39 is 30.1 Å². The molecule has 7 rings (SSSR count). The smallest absolute Gasteiger partial charge is 0.335 e. The lowest BCUT2D eigenvalue weighted by Gasteiger charge is -2.11. The Morgan fingerprint density at radius 2 is 0.971 bits per heavy atom. The quantitative estimate of drug-likeness (QED) is 0.112. The molecule has 0 saturated carbocycles. The molecule has 0 aliphatic carbocycles. The lowest BCUT2D eigenvalue weighted by Crippen LogP contribution is -2.39. The number of likely N-dealkylation sites (N-methyl/N-ethyl adjacent to an activating group) is 2. The Morgan fingerprint density at radius 1 is 0.603 bits per heavy atom. The van der Waals surface area contributed by atoms with Gasteiger partial charge in [-0.1, -0.05) is 83.9 Å². The van der Waals surface area contributed by atoms with Crippen molar-refractivity contribution >= 4 is 58.1 Å². The van der Waals surface area contributed by atoms with Gasteiger partial charge in [-0.3, -0.25) is 14.4 Å². The van der Waals surface area contributed by atoms with E-state index in [0.717, 1.165) is 56.3 Å². The fourth-order valence-corrected chi connectivity index (χ4v) is 6.54. The molecule has 2 atom stereocenters. The minimum absolute atomic E-state index is 0.0535. The minimum atomic E-state index is -2.27. The second-order valence-corrected chi connectivity index (χ2v) is 16.3. The third-order valence-electron chi connectivity index (χ3n) is 10.1. The highest BCUT2D eigenvalue weighted by Crippen LogP contribution is 2.28. The number of hydrogen-bond acceptors (Lipinski definition) is 11. The van der Waals surface area contributed by atoms with Crippen molar-refractivity contribution in [2.24, 2.45) is 10.1 Å². The van der Waals surface area contributed by atoms with E-state index in [1.807, 2.05) is 59.3 Å². The summed E-state index contributed by atoms with van der Waals surface area (Å²) in [6.07, 6.45) is 0.216. The number of hydrogen-bond donors (Lipinski definition) is 5. The van der Waals surface area contributed by atoms with Crippen LogP contribution in [0.3, 0.4) is 0 Å². The van der Waals surface area contributed by atoms with Gasteiger partial charge in [0.15, 0.2) is 12.2 Å². The summed E-state index contributed by atoms with van der Waals surface area (Å²) in [4.78, 5) is 67.6. The van der Waals surface area contributed by atoms with Gasteiger partial charge in [-0.15, -0.1) is 0 Å². The lowest BCUT2D eigenvalue weighted by molar-refractivity contribution is -0.165. The van der Waals surface area contributed by atoms with Crippen molar-refractivity contribution in [1.29, 1.82) is 0 Å². The second-order valence-electron chi connectivity index (χ2n) is 16.0. The molecule has 6 N–H and O–H groups in total. The molecule has 0 spiro atoms. The van der Waals surface area contributed by atoms with Gasteiger partial charge in [-0.2, -0.15) is 8.57 Å². The average Bonchev–Trinajstić information content (AvgIpc) is 3.83. The summed E-state index contributed by atoms with van der Waals surface area (Å²) >= 11 is 0.0535. The third kappa shape index (κ3) is 14.1. The van der Waals surface area contributed by atoms with E-state index >= 15 is 0 Å². The molecule has 19 heteroatoms. The standard InChI is InChI=1S/2C19H21N3O.C7H6N2O2S.C4H6O6/c2*1-13-5-8-15(9-6-13)19-16(11-18(23)21(3)4)22-12-14(2)7-10-17(22)20-19;8-7(10)5-3-1-2-4-6(5)9-12-11;5-1(3(7)8)2(6)4(9)10/h2*5-10,12H,11H2,1-4H3;1-4H,(H2,8,10);1-2,5-6H,(H,7,8)(H,9,10). The summed E-state index contributed by atoms with van der Waals surface area (Å²) in [5, 5.41) is 32.5. The summed E-state index contributed by atoms with van der Waals surface area (Å²) in [7, 11) is 7.12. The van der Waals surface area contributed by atoms with E-state index in [0.29, 0.717) is 18.5 Å². The van der Waals surface area contributed by atoms with E-state index in [9.17, 15) is 28.2 Å². The van der Waals surface area contributed by atoms with Gasteiger partial charge in [0.2, 0.25) is 23.3 Å². The Morgan fingerprint density at radius 3 is 1.31 bits per heavy atom. The van der Waals surface area contributed by atoms with Gasteiger partial charge in [-0.25, -0.2) is 19.6 Å². The van der Waals surface area contributed by atoms with Crippen LogP contribution in [0.1, 0.15) is 44.0 Å². The fraction of sp³-hybridized carbons (Fsp3) is 0.245. The number of carboxylic acid groups (broad SMARTS) is 2. The lowest BCUT2D eigenvalue weighted by atomic mass is 10.1. The van der Waals surface area contributed by atoms with E-state index in [2.05, 4.69) is 66.7 Å². The number of imidazole rings is 2. The molecule has 0 fully saturated rings. The van der Waals surface area contributed by atoms with Crippen molar-refractivity contribution < 1.29 is 48.6 Å². The highest BCUT2D eigenvalue weighted by atomic mass is 32.1. The predicted octanol–water partition coefficient (Wildman–Crippen LogP) is 5.19. The maximum atomic E-state index is 12.3. The van der Waals surface area contributed by atoms with Gasteiger partial charge in [0.05, 0.1) is 46.9 Å². The number of nitrogens with two attached hydrogens (primary N) is 1. The number of pyridine rings is 2. The maximum Gasteiger partial charge on any atom is 0.335 e. The second kappa shape index (κ2) is 24.1. The van der Waals surface area contributed by atoms with E-state index in [1.54, 1.807) is 56.2 Å². The minimum Gasteiger partial charge on any atom is -0.479 e. The van der Waals surface area contributed by atoms with Gasteiger partial charge in [0.25, 0.3) is 5.91 Å². The van der Waals surface area contributed by atoms with Crippen LogP contribution in [-0.4, -0.2) is 123 Å². The van der Waals surface area contributed by atoms with Crippen LogP contribution in [0, 0.1) is 27.7 Å². The Kier molecular flexibility index (Phi) is 18.7. The summed E-state index contributed by atoms with van der Waals surface area (Å²) in [5.41, 5.74) is 17.8. The van der Waals surface area contributed by atoms with Crippen LogP contribution in [0.5, 0.6) is 0 Å². The van der Waals surface area contributed by atoms with Crippen LogP contribution in [-0.2, 0) is 43.5 Å². The average molecular weight is 947 g/mol. The normalized spacial score (nSPS) is 11.3. The number of aromatic nitrogens is 4. The number of amides is 3. The number of aliphatic hydroxyl groups excluding tert-OH is 2. The number of rotatable bonds is 11. The summed E-state index contributed by atoms with van der Waals surface area (Å²) in [6, 6.07) is 31.0. The van der Waals surface area contributed by atoms with Crippen molar-refractivity contribution in [2.45, 2.75) is 52.7 Å². The van der Waals surface area contributed by atoms with Crippen molar-refractivity contribution in [1.82, 2.24) is 28.6 Å². The highest BCUT2D eigenvalue weighted by molar-refractivity contribution is 7.54. The maximum absolute atomic E-state index is 12.3. The molecule has 18 nitrogen and oxygen atoms in total. The Balaban J connectivity index is 0.000000210. The zero-order chi connectivity index (χ0) is 50.4. The van der Waals surface area contributed by atoms with Crippen molar-refractivity contribution in [2.75, 3.05) is 28.2 Å². The first-order chi connectivity index (χ1) is 32.1. The number of aryl methyl sites for hydroxylation is 4. The molecule has 7 aromatic rings. The van der Waals surface area contributed by atoms with Crippen molar-refractivity contribution in [3.63, 3.8) is 0 Å². The van der Waals surface area contributed by atoms with E-state index in [-0.39, 0.29) is 28.8 Å².